The molecule has 138 valence electrons. The van der Waals surface area contributed by atoms with Crippen molar-refractivity contribution in [1.29, 1.82) is 5.41 Å². The topological polar surface area (TPSA) is 94.4 Å². The Hall–Kier alpha value is -2.48. The van der Waals surface area contributed by atoms with E-state index in [2.05, 4.69) is 10.8 Å². The number of benzene rings is 1. The summed E-state index contributed by atoms with van der Waals surface area (Å²) in [6.45, 7) is 3.05. The van der Waals surface area contributed by atoms with Crippen molar-refractivity contribution in [1.82, 2.24) is 5.48 Å². The highest BCUT2D eigenvalue weighted by Gasteiger charge is 2.29. The quantitative estimate of drug-likeness (QED) is 0.450. The predicted molar refractivity (Wildman–Crippen MR) is 98.6 cm³/mol. The number of carbonyl (C=O) groups is 1. The van der Waals surface area contributed by atoms with E-state index in [1.807, 2.05) is 0 Å². The monoisotopic (exact) mass is 379 g/mol. The summed E-state index contributed by atoms with van der Waals surface area (Å²) in [4.78, 5) is 17.2. The molecule has 26 heavy (non-hydrogen) atoms. The van der Waals surface area contributed by atoms with Crippen molar-refractivity contribution in [2.45, 2.75) is 13.8 Å². The van der Waals surface area contributed by atoms with E-state index in [-0.39, 0.29) is 30.2 Å². The van der Waals surface area contributed by atoms with E-state index >= 15 is 0 Å². The van der Waals surface area contributed by atoms with Gasteiger partial charge in [0.1, 0.15) is 0 Å². The second kappa shape index (κ2) is 8.75. The summed E-state index contributed by atoms with van der Waals surface area (Å²) in [5.74, 6) is -1.59. The number of hydroxylamine groups is 1. The van der Waals surface area contributed by atoms with Gasteiger partial charge in [-0.3, -0.25) is 15.0 Å². The Morgan fingerprint density at radius 3 is 2.65 bits per heavy atom. The molecule has 1 amide bonds. The Morgan fingerprint density at radius 1 is 1.35 bits per heavy atom. The lowest BCUT2D eigenvalue weighted by molar-refractivity contribution is -0.130. The van der Waals surface area contributed by atoms with Gasteiger partial charge in [-0.15, -0.1) is 0 Å². The highest BCUT2D eigenvalue weighted by atomic mass is 35.5. The van der Waals surface area contributed by atoms with Gasteiger partial charge in [-0.1, -0.05) is 29.3 Å². The van der Waals surface area contributed by atoms with Gasteiger partial charge in [0.15, 0.2) is 5.83 Å². The van der Waals surface area contributed by atoms with Crippen molar-refractivity contribution in [3.8, 4) is 0 Å². The first kappa shape index (κ1) is 19.8. The molecular formula is C18H19ClFN3O3. The molecule has 0 saturated carbocycles. The van der Waals surface area contributed by atoms with Crippen LogP contribution in [0, 0.1) is 5.41 Å². The van der Waals surface area contributed by atoms with Gasteiger partial charge >= 0.3 is 0 Å². The van der Waals surface area contributed by atoms with Gasteiger partial charge in [0.25, 0.3) is 5.91 Å². The third-order valence-corrected chi connectivity index (χ3v) is 3.87. The van der Waals surface area contributed by atoms with E-state index in [1.165, 1.54) is 6.08 Å². The van der Waals surface area contributed by atoms with E-state index < -0.39 is 11.7 Å². The average Bonchev–Trinajstić information content (AvgIpc) is 2.60. The van der Waals surface area contributed by atoms with Crippen molar-refractivity contribution in [2.24, 2.45) is 0 Å². The van der Waals surface area contributed by atoms with Crippen LogP contribution in [0.1, 0.15) is 13.8 Å². The molecular weight excluding hydrogens is 361 g/mol. The largest absolute Gasteiger partial charge is 0.394 e. The fourth-order valence-electron chi connectivity index (χ4n) is 2.26. The number of hydrogen-bond donors (Lipinski definition) is 4. The molecule has 8 heteroatoms. The highest BCUT2D eigenvalue weighted by molar-refractivity contribution is 6.33. The number of carbonyl (C=O) groups excluding carboxylic acids is 1. The minimum absolute atomic E-state index is 0.0486. The molecule has 0 atom stereocenters. The molecule has 4 N–H and O–H groups in total. The standard InChI is InChI=1S/C18H19ClFN3O3/c1-10(2)11-9-12(18(25)23-26-8-7-24)17(15(20)16(11)21)22-14-6-4-3-5-13(14)19/h3-6,9,21-22,24H,7-8H2,1-2H3,(H,23,25). The second-order valence-electron chi connectivity index (χ2n) is 5.64. The molecule has 1 aliphatic rings. The number of allylic oxidation sites excluding steroid dienone is 4. The number of rotatable bonds is 6. The van der Waals surface area contributed by atoms with Crippen molar-refractivity contribution in [2.75, 3.05) is 18.5 Å². The molecule has 0 spiro atoms. The second-order valence-corrected chi connectivity index (χ2v) is 6.05. The first-order valence-corrected chi connectivity index (χ1v) is 8.17. The van der Waals surface area contributed by atoms with Gasteiger partial charge in [0, 0.05) is 5.57 Å². The van der Waals surface area contributed by atoms with Crippen molar-refractivity contribution >= 4 is 28.9 Å². The van der Waals surface area contributed by atoms with E-state index in [9.17, 15) is 9.18 Å². The number of amides is 1. The molecule has 0 bridgehead atoms. The molecule has 0 unspecified atom stereocenters. The lowest BCUT2D eigenvalue weighted by Crippen LogP contribution is -2.31. The van der Waals surface area contributed by atoms with Crippen LogP contribution in [0.25, 0.3) is 0 Å². The smallest absolute Gasteiger partial charge is 0.277 e. The fraction of sp³-hybridized carbons (Fsp3) is 0.222. The van der Waals surface area contributed by atoms with Crippen LogP contribution in [-0.4, -0.2) is 29.9 Å². The van der Waals surface area contributed by atoms with Crippen LogP contribution in [0.4, 0.5) is 10.1 Å². The van der Waals surface area contributed by atoms with Gasteiger partial charge < -0.3 is 10.4 Å². The summed E-state index contributed by atoms with van der Waals surface area (Å²) in [5.41, 5.74) is 2.97. The highest BCUT2D eigenvalue weighted by Crippen LogP contribution is 2.32. The zero-order valence-electron chi connectivity index (χ0n) is 14.3. The maximum Gasteiger partial charge on any atom is 0.277 e. The third-order valence-electron chi connectivity index (χ3n) is 3.54. The molecule has 1 aromatic rings. The first-order chi connectivity index (χ1) is 12.4. The van der Waals surface area contributed by atoms with Crippen LogP contribution in [-0.2, 0) is 9.63 Å². The Morgan fingerprint density at radius 2 is 2.04 bits per heavy atom. The van der Waals surface area contributed by atoms with Gasteiger partial charge in [0.05, 0.1) is 40.9 Å². The lowest BCUT2D eigenvalue weighted by Gasteiger charge is -2.22. The molecule has 6 nitrogen and oxygen atoms in total. The van der Waals surface area contributed by atoms with E-state index in [0.717, 1.165) is 0 Å². The van der Waals surface area contributed by atoms with Gasteiger partial charge in [-0.25, -0.2) is 9.87 Å². The van der Waals surface area contributed by atoms with Crippen LogP contribution < -0.4 is 10.8 Å². The molecule has 0 aliphatic heterocycles. The summed E-state index contributed by atoms with van der Waals surface area (Å²) in [6, 6.07) is 6.66. The maximum absolute atomic E-state index is 14.9. The number of nitrogens with one attached hydrogen (secondary N) is 3. The number of halogens is 2. The molecule has 0 aromatic heterocycles. The molecule has 0 saturated heterocycles. The van der Waals surface area contributed by atoms with Crippen molar-refractivity contribution in [3.05, 3.63) is 63.6 Å². The fourth-order valence-corrected chi connectivity index (χ4v) is 2.44. The third kappa shape index (κ3) is 4.37. The molecule has 0 heterocycles. The average molecular weight is 380 g/mol. The zero-order valence-corrected chi connectivity index (χ0v) is 15.1. The van der Waals surface area contributed by atoms with E-state index in [0.29, 0.717) is 21.9 Å². The van der Waals surface area contributed by atoms with Crippen LogP contribution in [0.2, 0.25) is 5.02 Å². The minimum atomic E-state index is -0.879. The number of anilines is 1. The maximum atomic E-state index is 14.9. The minimum Gasteiger partial charge on any atom is -0.394 e. The summed E-state index contributed by atoms with van der Waals surface area (Å²) in [7, 11) is 0. The summed E-state index contributed by atoms with van der Waals surface area (Å²) >= 11 is 6.09. The van der Waals surface area contributed by atoms with E-state index in [1.54, 1.807) is 38.1 Å². The molecule has 0 fully saturated rings. The Bertz CT molecular complexity index is 827. The Balaban J connectivity index is 2.45. The lowest BCUT2D eigenvalue weighted by atomic mass is 9.92. The van der Waals surface area contributed by atoms with Crippen LogP contribution in [0.3, 0.4) is 0 Å². The van der Waals surface area contributed by atoms with Crippen LogP contribution in [0.15, 0.2) is 58.6 Å². The number of aliphatic hydroxyl groups excluding tert-OH is 1. The normalized spacial score (nSPS) is 14.3. The summed E-state index contributed by atoms with van der Waals surface area (Å²) in [6.07, 6.45) is 1.41. The SMILES string of the molecule is CC(C)=C1C=C(C(=O)NOCCO)C(Nc2ccccc2Cl)=C(F)C1=N. The van der Waals surface area contributed by atoms with Crippen molar-refractivity contribution < 1.29 is 19.1 Å². The number of para-hydroxylation sites is 1. The summed E-state index contributed by atoms with van der Waals surface area (Å²) in [5, 5.41) is 19.9. The first-order valence-electron chi connectivity index (χ1n) is 7.80. The predicted octanol–water partition coefficient (Wildman–Crippen LogP) is 3.27. The molecule has 2 rings (SSSR count). The Kier molecular flexibility index (Phi) is 6.68. The zero-order chi connectivity index (χ0) is 19.3. The molecule has 1 aromatic carbocycles. The van der Waals surface area contributed by atoms with E-state index in [4.69, 9.17) is 27.0 Å². The van der Waals surface area contributed by atoms with Gasteiger partial charge in [-0.05, 0) is 32.1 Å². The van der Waals surface area contributed by atoms with Crippen LogP contribution >= 0.6 is 11.6 Å². The van der Waals surface area contributed by atoms with Crippen LogP contribution in [0.5, 0.6) is 0 Å². The van der Waals surface area contributed by atoms with Gasteiger partial charge in [0.2, 0.25) is 0 Å². The summed E-state index contributed by atoms with van der Waals surface area (Å²) < 4.78 is 14.9. The van der Waals surface area contributed by atoms with Crippen molar-refractivity contribution in [3.63, 3.8) is 0 Å². The Labute approximate surface area is 155 Å². The number of aliphatic hydroxyl groups is 1. The molecule has 1 aliphatic carbocycles. The van der Waals surface area contributed by atoms with Gasteiger partial charge in [-0.2, -0.15) is 0 Å². The number of hydrogen-bond acceptors (Lipinski definition) is 5. The molecule has 0 radical (unpaired) electrons.